The molecular formula is C10H11ClO2. The van der Waals surface area contributed by atoms with Crippen molar-refractivity contribution in [1.82, 2.24) is 0 Å². The molecule has 13 heavy (non-hydrogen) atoms. The molecule has 0 unspecified atom stereocenters. The summed E-state index contributed by atoms with van der Waals surface area (Å²) in [5.41, 5.74) is 1.11. The van der Waals surface area contributed by atoms with Crippen LogP contribution in [-0.4, -0.2) is 11.1 Å². The highest BCUT2D eigenvalue weighted by Gasteiger charge is 2.12. The highest BCUT2D eigenvalue weighted by Crippen LogP contribution is 2.22. The Hall–Kier alpha value is -1.02. The lowest BCUT2D eigenvalue weighted by Crippen LogP contribution is -2.03. The molecule has 0 aromatic heterocycles. The van der Waals surface area contributed by atoms with Gasteiger partial charge in [0.1, 0.15) is 0 Å². The van der Waals surface area contributed by atoms with Gasteiger partial charge >= 0.3 is 5.97 Å². The van der Waals surface area contributed by atoms with Crippen molar-refractivity contribution in [3.8, 4) is 0 Å². The monoisotopic (exact) mass is 198 g/mol. The Balaban J connectivity index is 3.27. The lowest BCUT2D eigenvalue weighted by molar-refractivity contribution is 0.0695. The Kier molecular flexibility index (Phi) is 2.94. The molecule has 2 nitrogen and oxygen atoms in total. The maximum Gasteiger partial charge on any atom is 0.336 e. The molecule has 0 amide bonds. The second kappa shape index (κ2) is 3.79. The SMILES string of the molecule is CC(C)c1ccc(Cl)cc1C(=O)O. The molecule has 70 valence electrons. The van der Waals surface area contributed by atoms with Gasteiger partial charge in [0, 0.05) is 5.02 Å². The van der Waals surface area contributed by atoms with Crippen LogP contribution in [0.3, 0.4) is 0 Å². The number of carboxylic acids is 1. The van der Waals surface area contributed by atoms with Crippen molar-refractivity contribution >= 4 is 17.6 Å². The van der Waals surface area contributed by atoms with Crippen LogP contribution in [0.2, 0.25) is 5.02 Å². The van der Waals surface area contributed by atoms with Gasteiger partial charge in [0.05, 0.1) is 5.56 Å². The van der Waals surface area contributed by atoms with Crippen LogP contribution < -0.4 is 0 Å². The molecule has 0 spiro atoms. The third-order valence-electron chi connectivity index (χ3n) is 1.87. The predicted molar refractivity (Wildman–Crippen MR) is 52.5 cm³/mol. The summed E-state index contributed by atoms with van der Waals surface area (Å²) in [5.74, 6) is -0.727. The summed E-state index contributed by atoms with van der Waals surface area (Å²) in [7, 11) is 0. The van der Waals surface area contributed by atoms with E-state index in [0.717, 1.165) is 5.56 Å². The fourth-order valence-electron chi connectivity index (χ4n) is 1.22. The van der Waals surface area contributed by atoms with E-state index in [1.54, 1.807) is 12.1 Å². The van der Waals surface area contributed by atoms with Crippen molar-refractivity contribution in [1.29, 1.82) is 0 Å². The Labute approximate surface area is 82.2 Å². The van der Waals surface area contributed by atoms with E-state index in [2.05, 4.69) is 0 Å². The average molecular weight is 199 g/mol. The Morgan fingerprint density at radius 2 is 2.08 bits per heavy atom. The first-order chi connectivity index (χ1) is 6.02. The third kappa shape index (κ3) is 2.22. The van der Waals surface area contributed by atoms with Gasteiger partial charge in [-0.1, -0.05) is 31.5 Å². The Bertz CT molecular complexity index is 332. The van der Waals surface area contributed by atoms with Crippen LogP contribution in [-0.2, 0) is 0 Å². The summed E-state index contributed by atoms with van der Waals surface area (Å²) in [6.45, 7) is 3.91. The summed E-state index contributed by atoms with van der Waals surface area (Å²) < 4.78 is 0. The van der Waals surface area contributed by atoms with Crippen LogP contribution in [0.4, 0.5) is 0 Å². The van der Waals surface area contributed by atoms with Crippen molar-refractivity contribution in [2.24, 2.45) is 0 Å². The van der Waals surface area contributed by atoms with Gasteiger partial charge in [0.2, 0.25) is 0 Å². The molecule has 0 heterocycles. The van der Waals surface area contributed by atoms with Crippen LogP contribution >= 0.6 is 11.6 Å². The van der Waals surface area contributed by atoms with Crippen LogP contribution in [0.15, 0.2) is 18.2 Å². The number of hydrogen-bond acceptors (Lipinski definition) is 1. The lowest BCUT2D eigenvalue weighted by Gasteiger charge is -2.09. The number of carboxylic acid groups (broad SMARTS) is 1. The van der Waals surface area contributed by atoms with Crippen molar-refractivity contribution in [2.75, 3.05) is 0 Å². The minimum atomic E-state index is -0.925. The zero-order valence-corrected chi connectivity index (χ0v) is 8.30. The van der Waals surface area contributed by atoms with E-state index in [1.165, 1.54) is 6.07 Å². The first-order valence-electron chi connectivity index (χ1n) is 4.05. The number of rotatable bonds is 2. The zero-order chi connectivity index (χ0) is 10.0. The number of hydrogen-bond donors (Lipinski definition) is 1. The van der Waals surface area contributed by atoms with Gasteiger partial charge < -0.3 is 5.11 Å². The van der Waals surface area contributed by atoms with Gasteiger partial charge in [0.15, 0.2) is 0 Å². The number of aromatic carboxylic acids is 1. The van der Waals surface area contributed by atoms with E-state index in [1.807, 2.05) is 13.8 Å². The van der Waals surface area contributed by atoms with Crippen LogP contribution in [0.1, 0.15) is 35.7 Å². The lowest BCUT2D eigenvalue weighted by atomic mass is 9.97. The molecule has 1 aromatic rings. The molecule has 1 aromatic carbocycles. The largest absolute Gasteiger partial charge is 0.478 e. The minimum absolute atomic E-state index is 0.198. The molecule has 3 heteroatoms. The highest BCUT2D eigenvalue weighted by atomic mass is 35.5. The number of carbonyl (C=O) groups is 1. The maximum atomic E-state index is 10.8. The zero-order valence-electron chi connectivity index (χ0n) is 7.54. The van der Waals surface area contributed by atoms with Crippen molar-refractivity contribution in [3.63, 3.8) is 0 Å². The highest BCUT2D eigenvalue weighted by molar-refractivity contribution is 6.30. The molecule has 0 radical (unpaired) electrons. The van der Waals surface area contributed by atoms with Gasteiger partial charge in [-0.3, -0.25) is 0 Å². The van der Waals surface area contributed by atoms with E-state index in [9.17, 15) is 4.79 Å². The first kappa shape index (κ1) is 10.1. The van der Waals surface area contributed by atoms with E-state index in [4.69, 9.17) is 16.7 Å². The summed E-state index contributed by atoms with van der Waals surface area (Å²) in [5, 5.41) is 9.34. The summed E-state index contributed by atoms with van der Waals surface area (Å²) in [6.07, 6.45) is 0. The molecule has 1 N–H and O–H groups in total. The van der Waals surface area contributed by atoms with E-state index in [0.29, 0.717) is 10.6 Å². The molecule has 0 saturated carbocycles. The first-order valence-corrected chi connectivity index (χ1v) is 4.43. The molecule has 0 bridgehead atoms. The van der Waals surface area contributed by atoms with Crippen molar-refractivity contribution < 1.29 is 9.90 Å². The quantitative estimate of drug-likeness (QED) is 0.793. The molecule has 0 fully saturated rings. The minimum Gasteiger partial charge on any atom is -0.478 e. The topological polar surface area (TPSA) is 37.3 Å². The predicted octanol–water partition coefficient (Wildman–Crippen LogP) is 3.16. The van der Waals surface area contributed by atoms with E-state index < -0.39 is 5.97 Å². The van der Waals surface area contributed by atoms with E-state index in [-0.39, 0.29) is 5.92 Å². The van der Waals surface area contributed by atoms with Gasteiger partial charge in [0.25, 0.3) is 0 Å². The van der Waals surface area contributed by atoms with Crippen molar-refractivity contribution in [3.05, 3.63) is 34.3 Å². The van der Waals surface area contributed by atoms with Gasteiger partial charge in [-0.25, -0.2) is 4.79 Å². The molecule has 0 aliphatic rings. The van der Waals surface area contributed by atoms with Crippen molar-refractivity contribution in [2.45, 2.75) is 19.8 Å². The third-order valence-corrected chi connectivity index (χ3v) is 2.10. The fraction of sp³-hybridized carbons (Fsp3) is 0.300. The molecule has 0 atom stereocenters. The summed E-state index contributed by atoms with van der Waals surface area (Å²) in [4.78, 5) is 10.8. The fourth-order valence-corrected chi connectivity index (χ4v) is 1.39. The smallest absolute Gasteiger partial charge is 0.336 e. The van der Waals surface area contributed by atoms with Crippen LogP contribution in [0, 0.1) is 0 Å². The van der Waals surface area contributed by atoms with Gasteiger partial charge in [-0.05, 0) is 23.6 Å². The van der Waals surface area contributed by atoms with Gasteiger partial charge in [-0.2, -0.15) is 0 Å². The second-order valence-corrected chi connectivity index (χ2v) is 3.63. The maximum absolute atomic E-state index is 10.8. The normalized spacial score (nSPS) is 10.5. The molecule has 0 aliphatic carbocycles. The molecule has 0 aliphatic heterocycles. The van der Waals surface area contributed by atoms with Gasteiger partial charge in [-0.15, -0.1) is 0 Å². The molecular weight excluding hydrogens is 188 g/mol. The average Bonchev–Trinajstić information content (AvgIpc) is 2.03. The second-order valence-electron chi connectivity index (χ2n) is 3.19. The van der Waals surface area contributed by atoms with Crippen LogP contribution in [0.5, 0.6) is 0 Å². The van der Waals surface area contributed by atoms with Crippen LogP contribution in [0.25, 0.3) is 0 Å². The Morgan fingerprint density at radius 1 is 1.46 bits per heavy atom. The summed E-state index contributed by atoms with van der Waals surface area (Å²) >= 11 is 5.70. The standard InChI is InChI=1S/C10H11ClO2/c1-6(2)8-4-3-7(11)5-9(8)10(12)13/h3-6H,1-2H3,(H,12,13). The van der Waals surface area contributed by atoms with E-state index >= 15 is 0 Å². The molecule has 1 rings (SSSR count). The number of halogens is 1. The summed E-state index contributed by atoms with van der Waals surface area (Å²) in [6, 6.07) is 4.96. The number of benzene rings is 1. The molecule has 0 saturated heterocycles. The Morgan fingerprint density at radius 3 is 2.54 bits per heavy atom.